The molecular weight excluding hydrogens is 165 g/mol. The quantitative estimate of drug-likeness (QED) is 0.499. The second-order valence-corrected chi connectivity index (χ2v) is 1.46. The van der Waals surface area contributed by atoms with E-state index in [1.165, 1.54) is 25.9 Å². The van der Waals surface area contributed by atoms with Crippen LogP contribution < -0.4 is 5.32 Å². The van der Waals surface area contributed by atoms with Crippen molar-refractivity contribution in [1.29, 1.82) is 0 Å². The van der Waals surface area contributed by atoms with Gasteiger partial charge in [-0.2, -0.15) is 0 Å². The first-order valence-electron chi connectivity index (χ1n) is 2.21. The van der Waals surface area contributed by atoms with E-state index < -0.39 is 0 Å². The van der Waals surface area contributed by atoms with Gasteiger partial charge in [0.15, 0.2) is 0 Å². The van der Waals surface area contributed by atoms with Gasteiger partial charge in [0.25, 0.3) is 0 Å². The van der Waals surface area contributed by atoms with Crippen LogP contribution in [0, 0.1) is 0 Å². The van der Waals surface area contributed by atoms with E-state index in [1.807, 2.05) is 0 Å². The van der Waals surface area contributed by atoms with Crippen molar-refractivity contribution in [3.05, 3.63) is 0 Å². The summed E-state index contributed by atoms with van der Waals surface area (Å²) in [5, 5.41) is 3.22. The molecule has 1 radical (unpaired) electrons. The Labute approximate surface area is 97.9 Å². The minimum atomic E-state index is 0. The summed E-state index contributed by atoms with van der Waals surface area (Å²) in [7, 11) is 0. The molecule has 1 fully saturated rings. The monoisotopic (exact) mass is 174 g/mol. The molecule has 1 saturated heterocycles. The van der Waals surface area contributed by atoms with Crippen molar-refractivity contribution in [1.82, 2.24) is 5.32 Å². The molecule has 1 aliphatic heterocycles. The van der Waals surface area contributed by atoms with Gasteiger partial charge in [-0.3, -0.25) is 0 Å². The standard InChI is InChI=1S/C4H9N.Cu.K.H/c1-2-4-5-3-1;;;/h5H,1-4H2;;;. The Balaban J connectivity index is 0. The number of rotatable bonds is 0. The van der Waals surface area contributed by atoms with E-state index in [0.29, 0.717) is 0 Å². The van der Waals surface area contributed by atoms with Crippen LogP contribution in [0.5, 0.6) is 0 Å². The normalized spacial score (nSPS) is 17.1. The van der Waals surface area contributed by atoms with Crippen LogP contribution in [0.25, 0.3) is 0 Å². The summed E-state index contributed by atoms with van der Waals surface area (Å²) in [6, 6.07) is 0. The average molecular weight is 175 g/mol. The van der Waals surface area contributed by atoms with Gasteiger partial charge in [0.2, 0.25) is 0 Å². The summed E-state index contributed by atoms with van der Waals surface area (Å²) in [4.78, 5) is 0. The summed E-state index contributed by atoms with van der Waals surface area (Å²) in [6.07, 6.45) is 2.78. The number of hydrogen-bond donors (Lipinski definition) is 1. The van der Waals surface area contributed by atoms with Crippen molar-refractivity contribution >= 4 is 51.4 Å². The molecule has 7 heavy (non-hydrogen) atoms. The molecule has 43 valence electrons. The van der Waals surface area contributed by atoms with Crippen molar-refractivity contribution in [2.24, 2.45) is 0 Å². The molecule has 0 unspecified atom stereocenters. The van der Waals surface area contributed by atoms with Gasteiger partial charge in [-0.05, 0) is 25.9 Å². The molecule has 0 atom stereocenters. The number of hydrogen-bond acceptors (Lipinski definition) is 1. The van der Waals surface area contributed by atoms with Crippen LogP contribution >= 0.6 is 0 Å². The predicted molar refractivity (Wildman–Crippen MR) is 29.3 cm³/mol. The zero-order chi connectivity index (χ0) is 3.54. The second kappa shape index (κ2) is 8.12. The van der Waals surface area contributed by atoms with Crippen molar-refractivity contribution in [2.45, 2.75) is 12.8 Å². The number of nitrogens with one attached hydrogen (secondary N) is 1. The molecule has 1 aliphatic rings. The van der Waals surface area contributed by atoms with Crippen molar-refractivity contribution in [3.63, 3.8) is 0 Å². The summed E-state index contributed by atoms with van der Waals surface area (Å²) in [5.74, 6) is 0. The van der Waals surface area contributed by atoms with Crippen LogP contribution in [0.4, 0.5) is 0 Å². The molecule has 0 aliphatic carbocycles. The predicted octanol–water partition coefficient (Wildman–Crippen LogP) is -0.281. The van der Waals surface area contributed by atoms with E-state index in [4.69, 9.17) is 0 Å². The second-order valence-electron chi connectivity index (χ2n) is 1.46. The summed E-state index contributed by atoms with van der Waals surface area (Å²) < 4.78 is 0. The Bertz CT molecular complexity index is 23.3. The summed E-state index contributed by atoms with van der Waals surface area (Å²) in [6.45, 7) is 2.50. The molecule has 1 heterocycles. The molecular formula is C4H10CuKN. The molecule has 1 N–H and O–H groups in total. The van der Waals surface area contributed by atoms with E-state index in [2.05, 4.69) is 5.32 Å². The third-order valence-corrected chi connectivity index (χ3v) is 0.957. The Morgan fingerprint density at radius 3 is 1.57 bits per heavy atom. The molecule has 3 heteroatoms. The van der Waals surface area contributed by atoms with Crippen LogP contribution in [-0.2, 0) is 17.1 Å². The molecule has 1 rings (SSSR count). The third-order valence-electron chi connectivity index (χ3n) is 0.957. The molecule has 0 saturated carbocycles. The van der Waals surface area contributed by atoms with Crippen molar-refractivity contribution in [3.8, 4) is 0 Å². The molecule has 1 nitrogen and oxygen atoms in total. The molecule has 0 bridgehead atoms. The van der Waals surface area contributed by atoms with E-state index in [0.717, 1.165) is 0 Å². The molecule has 0 aromatic rings. The molecule has 0 amide bonds. The van der Waals surface area contributed by atoms with Crippen molar-refractivity contribution < 1.29 is 17.1 Å². The van der Waals surface area contributed by atoms with Gasteiger partial charge in [-0.15, -0.1) is 0 Å². The minimum absolute atomic E-state index is 0. The van der Waals surface area contributed by atoms with Gasteiger partial charge < -0.3 is 5.32 Å². The molecule has 0 aromatic carbocycles. The van der Waals surface area contributed by atoms with E-state index >= 15 is 0 Å². The van der Waals surface area contributed by atoms with Gasteiger partial charge in [0.1, 0.15) is 0 Å². The van der Waals surface area contributed by atoms with Crippen molar-refractivity contribution in [2.75, 3.05) is 13.1 Å². The Morgan fingerprint density at radius 1 is 1.00 bits per heavy atom. The van der Waals surface area contributed by atoms with E-state index in [1.54, 1.807) is 0 Å². The zero-order valence-corrected chi connectivity index (χ0v) is 4.57. The van der Waals surface area contributed by atoms with E-state index in [9.17, 15) is 0 Å². The van der Waals surface area contributed by atoms with Crippen LogP contribution in [0.3, 0.4) is 0 Å². The fourth-order valence-corrected chi connectivity index (χ4v) is 0.625. The van der Waals surface area contributed by atoms with Gasteiger partial charge >= 0.3 is 51.4 Å². The first-order valence-corrected chi connectivity index (χ1v) is 2.21. The van der Waals surface area contributed by atoms with Gasteiger partial charge in [-0.25, -0.2) is 0 Å². The van der Waals surface area contributed by atoms with Gasteiger partial charge in [-0.1, -0.05) is 0 Å². The fourth-order valence-electron chi connectivity index (χ4n) is 0.625. The fraction of sp³-hybridized carbons (Fsp3) is 1.00. The third kappa shape index (κ3) is 6.00. The SMILES string of the molecule is C1CCNC1.[Cu].[KH]. The maximum atomic E-state index is 3.22. The van der Waals surface area contributed by atoms with Crippen LogP contribution in [0.1, 0.15) is 12.8 Å². The average Bonchev–Trinajstić information content (AvgIpc) is 1.76. The maximum absolute atomic E-state index is 3.22. The van der Waals surface area contributed by atoms with Gasteiger partial charge in [0.05, 0.1) is 0 Å². The topological polar surface area (TPSA) is 12.0 Å². The van der Waals surface area contributed by atoms with E-state index in [-0.39, 0.29) is 68.5 Å². The first-order chi connectivity index (χ1) is 2.50. The van der Waals surface area contributed by atoms with Crippen LogP contribution in [0.2, 0.25) is 0 Å². The summed E-state index contributed by atoms with van der Waals surface area (Å²) in [5.41, 5.74) is 0. The van der Waals surface area contributed by atoms with Gasteiger partial charge in [0, 0.05) is 17.1 Å². The van der Waals surface area contributed by atoms with Crippen LogP contribution in [-0.4, -0.2) is 64.5 Å². The Morgan fingerprint density at radius 2 is 1.43 bits per heavy atom. The molecule has 0 spiro atoms. The molecule has 0 aromatic heterocycles. The van der Waals surface area contributed by atoms with Crippen LogP contribution in [0.15, 0.2) is 0 Å². The summed E-state index contributed by atoms with van der Waals surface area (Å²) >= 11 is 0. The Kier molecular flexibility index (Phi) is 13.7. The zero-order valence-electron chi connectivity index (χ0n) is 3.63. The Hall–Kier alpha value is 2.12. The first kappa shape index (κ1) is 11.9.